The number of aromatic nitrogens is 6. The van der Waals surface area contributed by atoms with Gasteiger partial charge in [0.2, 0.25) is 11.8 Å². The van der Waals surface area contributed by atoms with Crippen LogP contribution in [0.15, 0.2) is 24.3 Å². The van der Waals surface area contributed by atoms with Gasteiger partial charge in [0.1, 0.15) is 0 Å². The van der Waals surface area contributed by atoms with E-state index in [1.165, 1.54) is 4.80 Å². The molecule has 2 aromatic heterocycles. The molecule has 3 aromatic rings. The van der Waals surface area contributed by atoms with E-state index in [0.29, 0.717) is 17.3 Å². The summed E-state index contributed by atoms with van der Waals surface area (Å²) in [6.45, 7) is 5.74. The molecule has 24 heavy (non-hydrogen) atoms. The van der Waals surface area contributed by atoms with Crippen molar-refractivity contribution in [1.82, 2.24) is 30.2 Å². The van der Waals surface area contributed by atoms with E-state index in [4.69, 9.17) is 0 Å². The third-order valence-corrected chi connectivity index (χ3v) is 3.77. The second-order valence-electron chi connectivity index (χ2n) is 5.48. The Bertz CT molecular complexity index is 876. The molecule has 0 unspecified atom stereocenters. The first-order chi connectivity index (χ1) is 11.4. The zero-order valence-electron chi connectivity index (χ0n) is 13.9. The van der Waals surface area contributed by atoms with E-state index in [9.17, 15) is 4.79 Å². The Morgan fingerprint density at radius 2 is 1.67 bits per heavy atom. The fourth-order valence-corrected chi connectivity index (χ4v) is 2.17. The summed E-state index contributed by atoms with van der Waals surface area (Å²) >= 11 is 0. The molecule has 0 bridgehead atoms. The standard InChI is InChI=1S/C16H17N7O/c1-9-10(2)17-16(18-11(9)3)19-15(24)13-7-5-12(6-8-13)14-20-22-23(4)21-14/h5-8H,1-4H3,(H,17,18,19,24). The molecule has 1 amide bonds. The molecular formula is C16H17N7O. The van der Waals surface area contributed by atoms with Gasteiger partial charge in [0.25, 0.3) is 5.91 Å². The maximum Gasteiger partial charge on any atom is 0.258 e. The van der Waals surface area contributed by atoms with E-state index in [-0.39, 0.29) is 5.91 Å². The summed E-state index contributed by atoms with van der Waals surface area (Å²) in [7, 11) is 1.70. The van der Waals surface area contributed by atoms with Crippen molar-refractivity contribution in [3.63, 3.8) is 0 Å². The van der Waals surface area contributed by atoms with Crippen LogP contribution in [0, 0.1) is 20.8 Å². The first-order valence-electron chi connectivity index (χ1n) is 7.41. The summed E-state index contributed by atoms with van der Waals surface area (Å²) < 4.78 is 0. The van der Waals surface area contributed by atoms with Gasteiger partial charge in [0.15, 0.2) is 0 Å². The Kier molecular flexibility index (Phi) is 4.03. The normalized spacial score (nSPS) is 10.7. The molecule has 0 radical (unpaired) electrons. The minimum atomic E-state index is -0.267. The number of carbonyl (C=O) groups excluding carboxylic acids is 1. The van der Waals surface area contributed by atoms with Crippen LogP contribution < -0.4 is 5.32 Å². The number of anilines is 1. The number of amides is 1. The molecule has 2 heterocycles. The molecule has 0 fully saturated rings. The lowest BCUT2D eigenvalue weighted by Crippen LogP contribution is -2.15. The third-order valence-electron chi connectivity index (χ3n) is 3.77. The molecule has 0 saturated heterocycles. The number of hydrogen-bond donors (Lipinski definition) is 1. The van der Waals surface area contributed by atoms with Crippen LogP contribution in [0.1, 0.15) is 27.3 Å². The van der Waals surface area contributed by atoms with Crippen molar-refractivity contribution in [2.75, 3.05) is 5.32 Å². The van der Waals surface area contributed by atoms with Crippen LogP contribution in [-0.4, -0.2) is 36.1 Å². The average molecular weight is 323 g/mol. The monoisotopic (exact) mass is 323 g/mol. The first-order valence-corrected chi connectivity index (χ1v) is 7.41. The van der Waals surface area contributed by atoms with E-state index < -0.39 is 0 Å². The minimum Gasteiger partial charge on any atom is -0.290 e. The van der Waals surface area contributed by atoms with Gasteiger partial charge in [0, 0.05) is 22.5 Å². The van der Waals surface area contributed by atoms with Gasteiger partial charge in [-0.1, -0.05) is 12.1 Å². The summed E-state index contributed by atoms with van der Waals surface area (Å²) in [6.07, 6.45) is 0. The smallest absolute Gasteiger partial charge is 0.258 e. The van der Waals surface area contributed by atoms with E-state index in [0.717, 1.165) is 22.5 Å². The van der Waals surface area contributed by atoms with Crippen LogP contribution >= 0.6 is 0 Å². The number of nitrogens with zero attached hydrogens (tertiary/aromatic N) is 6. The Labute approximate surface area is 139 Å². The number of aryl methyl sites for hydroxylation is 3. The van der Waals surface area contributed by atoms with Crippen LogP contribution in [0.5, 0.6) is 0 Å². The second-order valence-corrected chi connectivity index (χ2v) is 5.48. The van der Waals surface area contributed by atoms with Gasteiger partial charge >= 0.3 is 0 Å². The number of tetrazole rings is 1. The van der Waals surface area contributed by atoms with Gasteiger partial charge in [-0.3, -0.25) is 10.1 Å². The molecule has 0 aliphatic carbocycles. The van der Waals surface area contributed by atoms with Crippen molar-refractivity contribution in [2.45, 2.75) is 20.8 Å². The zero-order valence-corrected chi connectivity index (χ0v) is 13.9. The third kappa shape index (κ3) is 3.12. The van der Waals surface area contributed by atoms with E-state index in [2.05, 4.69) is 30.7 Å². The molecule has 8 nitrogen and oxygen atoms in total. The van der Waals surface area contributed by atoms with Crippen LogP contribution in [0.4, 0.5) is 5.95 Å². The van der Waals surface area contributed by atoms with E-state index >= 15 is 0 Å². The fourth-order valence-electron chi connectivity index (χ4n) is 2.17. The SMILES string of the molecule is Cc1nc(NC(=O)c2ccc(-c3nnn(C)n3)cc2)nc(C)c1C. The molecule has 1 aromatic carbocycles. The minimum absolute atomic E-state index is 0.267. The second kappa shape index (κ2) is 6.15. The lowest BCUT2D eigenvalue weighted by atomic mass is 10.1. The number of rotatable bonds is 3. The van der Waals surface area contributed by atoms with E-state index in [1.54, 1.807) is 31.3 Å². The summed E-state index contributed by atoms with van der Waals surface area (Å²) in [6, 6.07) is 6.96. The first kappa shape index (κ1) is 15.7. The Morgan fingerprint density at radius 1 is 1.04 bits per heavy atom. The lowest BCUT2D eigenvalue weighted by Gasteiger charge is -2.08. The predicted octanol–water partition coefficient (Wildman–Crippen LogP) is 1.84. The quantitative estimate of drug-likeness (QED) is 0.789. The van der Waals surface area contributed by atoms with Gasteiger partial charge in [-0.05, 0) is 43.7 Å². The molecule has 0 spiro atoms. The van der Waals surface area contributed by atoms with Gasteiger partial charge in [-0.25, -0.2) is 9.97 Å². The molecule has 0 aliphatic heterocycles. The van der Waals surface area contributed by atoms with Gasteiger partial charge < -0.3 is 0 Å². The van der Waals surface area contributed by atoms with Gasteiger partial charge in [0.05, 0.1) is 7.05 Å². The van der Waals surface area contributed by atoms with Crippen LogP contribution in [0.2, 0.25) is 0 Å². The molecule has 8 heteroatoms. The van der Waals surface area contributed by atoms with Gasteiger partial charge in [-0.15, -0.1) is 10.2 Å². The highest BCUT2D eigenvalue weighted by atomic mass is 16.1. The highest BCUT2D eigenvalue weighted by Gasteiger charge is 2.11. The zero-order chi connectivity index (χ0) is 17.3. The van der Waals surface area contributed by atoms with Crippen molar-refractivity contribution < 1.29 is 4.79 Å². The predicted molar refractivity (Wildman–Crippen MR) is 88.4 cm³/mol. The van der Waals surface area contributed by atoms with Crippen LogP contribution in [-0.2, 0) is 7.05 Å². The molecule has 0 aliphatic rings. The largest absolute Gasteiger partial charge is 0.290 e. The lowest BCUT2D eigenvalue weighted by molar-refractivity contribution is 0.102. The molecule has 3 rings (SSSR count). The topological polar surface area (TPSA) is 98.5 Å². The van der Waals surface area contributed by atoms with Crippen LogP contribution in [0.25, 0.3) is 11.4 Å². The van der Waals surface area contributed by atoms with Crippen molar-refractivity contribution in [3.8, 4) is 11.4 Å². The highest BCUT2D eigenvalue weighted by Crippen LogP contribution is 2.16. The van der Waals surface area contributed by atoms with Crippen molar-refractivity contribution in [2.24, 2.45) is 7.05 Å². The molecule has 0 saturated carbocycles. The van der Waals surface area contributed by atoms with Crippen molar-refractivity contribution >= 4 is 11.9 Å². The summed E-state index contributed by atoms with van der Waals surface area (Å²) in [4.78, 5) is 22.3. The Balaban J connectivity index is 1.78. The highest BCUT2D eigenvalue weighted by molar-refractivity contribution is 6.03. The number of carbonyl (C=O) groups is 1. The van der Waals surface area contributed by atoms with Crippen molar-refractivity contribution in [1.29, 1.82) is 0 Å². The fraction of sp³-hybridized carbons (Fsp3) is 0.250. The maximum atomic E-state index is 12.3. The Hall–Kier alpha value is -3.16. The van der Waals surface area contributed by atoms with Gasteiger partial charge in [-0.2, -0.15) is 4.80 Å². The van der Waals surface area contributed by atoms with Crippen molar-refractivity contribution in [3.05, 3.63) is 46.8 Å². The molecular weight excluding hydrogens is 306 g/mol. The summed E-state index contributed by atoms with van der Waals surface area (Å²) in [5, 5.41) is 14.6. The number of nitrogens with one attached hydrogen (secondary N) is 1. The summed E-state index contributed by atoms with van der Waals surface area (Å²) in [5.41, 5.74) is 4.01. The van der Waals surface area contributed by atoms with E-state index in [1.807, 2.05) is 20.8 Å². The molecule has 1 N–H and O–H groups in total. The maximum absolute atomic E-state index is 12.3. The molecule has 0 atom stereocenters. The summed E-state index contributed by atoms with van der Waals surface area (Å²) in [5.74, 6) is 0.550. The number of benzene rings is 1. The Morgan fingerprint density at radius 3 is 2.21 bits per heavy atom. The average Bonchev–Trinajstić information content (AvgIpc) is 2.99. The number of hydrogen-bond acceptors (Lipinski definition) is 6. The molecule has 122 valence electrons. The van der Waals surface area contributed by atoms with Crippen LogP contribution in [0.3, 0.4) is 0 Å².